The van der Waals surface area contributed by atoms with E-state index in [4.69, 9.17) is 9.05 Å². The molecule has 0 fully saturated rings. The molecule has 1 N–H and O–H groups in total. The quantitative estimate of drug-likeness (QED) is 0.125. The van der Waals surface area contributed by atoms with E-state index >= 15 is 9.59 Å². The molecule has 1 aliphatic heterocycles. The molecule has 7 aromatic rings. The minimum atomic E-state index is -5.03. The van der Waals surface area contributed by atoms with Crippen LogP contribution < -0.4 is 31.8 Å². The molecule has 0 aliphatic carbocycles. The maximum absolute atomic E-state index is 15.8. The molecule has 0 amide bonds. The second-order valence-electron chi connectivity index (χ2n) is 17.1. The summed E-state index contributed by atoms with van der Waals surface area (Å²) in [4.78, 5) is 31.0. The standard InChI is InChI=1S/C55H56O7P2S/c1-43-51-42-52(44(2)53(43)65(58,59)60)55(57)62-64(48-34-20-11-21-35-48,49-36-22-12-23-37-49,50-38-24-13-25-39-50)41-27-7-5-3-4-6-26-40-63(61-54(51)56,45-28-14-8-15-29-45,46-30-16-9-17-31-46)47-32-18-10-19-33-47/h8-25,28-39,42H,3-7,26-27,40-41H2,1-2H3,(H,58,59,60). The predicted molar refractivity (Wildman–Crippen MR) is 269 cm³/mol. The third-order valence-electron chi connectivity index (χ3n) is 13.5. The molecule has 8 rings (SSSR count). The number of carbonyl (C=O) groups excluding carboxylic acids is 2. The van der Waals surface area contributed by atoms with E-state index in [2.05, 4.69) is 0 Å². The molecule has 10 heteroatoms. The van der Waals surface area contributed by atoms with Crippen molar-refractivity contribution in [3.63, 3.8) is 0 Å². The van der Waals surface area contributed by atoms with Crippen molar-refractivity contribution in [3.05, 3.63) is 210 Å². The zero-order valence-electron chi connectivity index (χ0n) is 37.0. The van der Waals surface area contributed by atoms with Crippen LogP contribution in [0.5, 0.6) is 0 Å². The van der Waals surface area contributed by atoms with Gasteiger partial charge in [-0.05, 0) is 0 Å². The van der Waals surface area contributed by atoms with Crippen molar-refractivity contribution < 1.29 is 31.6 Å². The van der Waals surface area contributed by atoms with E-state index in [0.717, 1.165) is 76.8 Å². The summed E-state index contributed by atoms with van der Waals surface area (Å²) in [5.74, 6) is -1.63. The summed E-state index contributed by atoms with van der Waals surface area (Å²) in [6.07, 6.45) is 7.14. The van der Waals surface area contributed by atoms with Crippen LogP contribution >= 0.6 is 13.7 Å². The summed E-state index contributed by atoms with van der Waals surface area (Å²) >= 11 is 0. The van der Waals surface area contributed by atoms with Crippen LogP contribution in [0, 0.1) is 13.8 Å². The van der Waals surface area contributed by atoms with Gasteiger partial charge in [0.15, 0.2) is 0 Å². The second-order valence-corrected chi connectivity index (χ2v) is 27.7. The van der Waals surface area contributed by atoms with E-state index in [1.807, 2.05) is 182 Å². The normalized spacial score (nSPS) is 18.9. The fourth-order valence-corrected chi connectivity index (χ4v) is 23.0. The molecular weight excluding hydrogens is 867 g/mol. The summed E-state index contributed by atoms with van der Waals surface area (Å²) in [5.41, 5.74) is -0.378. The molecule has 0 saturated carbocycles. The van der Waals surface area contributed by atoms with Gasteiger partial charge in [0.25, 0.3) is 0 Å². The first kappa shape index (κ1) is 45.8. The Morgan fingerprint density at radius 1 is 0.400 bits per heavy atom. The molecule has 334 valence electrons. The van der Waals surface area contributed by atoms with Crippen LogP contribution in [0.3, 0.4) is 0 Å². The number of hydrogen-bond donors (Lipinski definition) is 1. The monoisotopic (exact) mass is 922 g/mol. The van der Waals surface area contributed by atoms with Gasteiger partial charge in [0.1, 0.15) is 0 Å². The summed E-state index contributed by atoms with van der Waals surface area (Å²) in [6, 6.07) is 60.7. The topological polar surface area (TPSA) is 107 Å². The van der Waals surface area contributed by atoms with Gasteiger partial charge in [0.05, 0.1) is 0 Å². The molecular formula is C55H56O7P2S. The first-order valence-corrected chi connectivity index (χ1v) is 28.5. The van der Waals surface area contributed by atoms with Gasteiger partial charge >= 0.3 is 385 Å². The molecule has 0 spiro atoms. The second kappa shape index (κ2) is 18.6. The van der Waals surface area contributed by atoms with Crippen molar-refractivity contribution in [3.8, 4) is 0 Å². The predicted octanol–water partition coefficient (Wildman–Crippen LogP) is 10.5. The van der Waals surface area contributed by atoms with Gasteiger partial charge in [-0.1, -0.05) is 0 Å². The fourth-order valence-electron chi connectivity index (χ4n) is 10.4. The third-order valence-corrected chi connectivity index (χ3v) is 26.5. The number of rotatable bonds is 7. The van der Waals surface area contributed by atoms with Crippen molar-refractivity contribution in [2.75, 3.05) is 12.3 Å². The Labute approximate surface area is 383 Å². The van der Waals surface area contributed by atoms with Crippen molar-refractivity contribution >= 4 is 67.5 Å². The van der Waals surface area contributed by atoms with Crippen molar-refractivity contribution in [1.82, 2.24) is 0 Å². The van der Waals surface area contributed by atoms with Crippen molar-refractivity contribution in [1.29, 1.82) is 0 Å². The van der Waals surface area contributed by atoms with E-state index < -0.39 is 40.6 Å². The molecule has 0 unspecified atom stereocenters. The van der Waals surface area contributed by atoms with E-state index in [9.17, 15) is 13.0 Å². The molecule has 1 aliphatic rings. The maximum atomic E-state index is 15.8. The van der Waals surface area contributed by atoms with Gasteiger partial charge in [0, 0.05) is 0 Å². The average molecular weight is 923 g/mol. The molecule has 2 bridgehead atoms. The van der Waals surface area contributed by atoms with Crippen LogP contribution in [0.1, 0.15) is 76.8 Å². The van der Waals surface area contributed by atoms with E-state index in [1.54, 1.807) is 0 Å². The molecule has 65 heavy (non-hydrogen) atoms. The van der Waals surface area contributed by atoms with Crippen molar-refractivity contribution in [2.45, 2.75) is 63.7 Å². The Kier molecular flexibility index (Phi) is 13.1. The van der Waals surface area contributed by atoms with Crippen LogP contribution in [0.25, 0.3) is 0 Å². The molecule has 0 radical (unpaired) electrons. The number of carbonyl (C=O) groups is 2. The van der Waals surface area contributed by atoms with Crippen LogP contribution in [-0.2, 0) is 19.2 Å². The SMILES string of the molecule is Cc1c2cc(c(C)c1S(=O)(=O)O)C(=O)OP(c1ccccc1)(c1ccccc1)(c1ccccc1)CCCCCCCCCP(c1ccccc1)(c1ccccc1)(c1ccccc1)OC2=O. The van der Waals surface area contributed by atoms with Crippen molar-refractivity contribution in [2.24, 2.45) is 0 Å². The summed E-state index contributed by atoms with van der Waals surface area (Å²) in [7, 11) is -5.03. The first-order chi connectivity index (χ1) is 31.4. The van der Waals surface area contributed by atoms with Gasteiger partial charge in [-0.15, -0.1) is 0 Å². The van der Waals surface area contributed by atoms with E-state index in [1.165, 1.54) is 19.9 Å². The van der Waals surface area contributed by atoms with E-state index in [0.29, 0.717) is 12.3 Å². The van der Waals surface area contributed by atoms with Crippen LogP contribution in [0.4, 0.5) is 0 Å². The van der Waals surface area contributed by atoms with Gasteiger partial charge in [-0.2, -0.15) is 0 Å². The number of benzene rings is 7. The zero-order valence-corrected chi connectivity index (χ0v) is 39.6. The van der Waals surface area contributed by atoms with E-state index in [-0.39, 0.29) is 22.3 Å². The Balaban J connectivity index is 1.45. The Morgan fingerprint density at radius 2 is 0.631 bits per heavy atom. The number of fused-ring (bicyclic) bond motifs is 2. The Bertz CT molecular complexity index is 2520. The molecule has 7 nitrogen and oxygen atoms in total. The molecule has 0 atom stereocenters. The Morgan fingerprint density at radius 3 is 0.862 bits per heavy atom. The molecule has 0 saturated heterocycles. The molecule has 0 aromatic heterocycles. The summed E-state index contributed by atoms with van der Waals surface area (Å²) in [5, 5.41) is 5.02. The minimum absolute atomic E-state index is 0.0292. The van der Waals surface area contributed by atoms with Gasteiger partial charge in [-0.3, -0.25) is 0 Å². The van der Waals surface area contributed by atoms with Crippen LogP contribution in [0.2, 0.25) is 0 Å². The van der Waals surface area contributed by atoms with Gasteiger partial charge in [0.2, 0.25) is 0 Å². The summed E-state index contributed by atoms with van der Waals surface area (Å²) < 4.78 is 53.2. The van der Waals surface area contributed by atoms with Crippen LogP contribution in [-0.4, -0.2) is 37.2 Å². The molecule has 7 aromatic carbocycles. The molecule has 1 heterocycles. The third kappa shape index (κ3) is 7.95. The fraction of sp³-hybridized carbons (Fsp3) is 0.200. The van der Waals surface area contributed by atoms with Crippen LogP contribution in [0.15, 0.2) is 193 Å². The van der Waals surface area contributed by atoms with Gasteiger partial charge in [-0.25, -0.2) is 0 Å². The first-order valence-electron chi connectivity index (χ1n) is 22.4. The number of hydrogen-bond acceptors (Lipinski definition) is 6. The van der Waals surface area contributed by atoms with Gasteiger partial charge < -0.3 is 0 Å². The Hall–Kier alpha value is -5.75. The summed E-state index contributed by atoms with van der Waals surface area (Å²) in [6.45, 7) is -5.68. The average Bonchev–Trinajstić information content (AvgIpc) is 3.34. The zero-order chi connectivity index (χ0) is 45.6.